The summed E-state index contributed by atoms with van der Waals surface area (Å²) < 4.78 is 5.32. The van der Waals surface area contributed by atoms with Crippen LogP contribution in [0.1, 0.15) is 18.4 Å². The quantitative estimate of drug-likeness (QED) is 0.902. The van der Waals surface area contributed by atoms with Crippen LogP contribution < -0.4 is 5.32 Å². The zero-order valence-corrected chi connectivity index (χ0v) is 12.9. The van der Waals surface area contributed by atoms with E-state index in [2.05, 4.69) is 10.2 Å². The summed E-state index contributed by atoms with van der Waals surface area (Å²) in [5, 5.41) is 3.80. The molecule has 1 aliphatic carbocycles. The molecule has 0 aromatic heterocycles. The molecule has 0 spiro atoms. The first-order valence-electron chi connectivity index (χ1n) is 7.55. The lowest BCUT2D eigenvalue weighted by Gasteiger charge is -2.27. The Morgan fingerprint density at radius 2 is 1.90 bits per heavy atom. The number of halogens is 1. The van der Waals surface area contributed by atoms with Gasteiger partial charge >= 0.3 is 0 Å². The van der Waals surface area contributed by atoms with E-state index in [-0.39, 0.29) is 11.3 Å². The molecule has 4 nitrogen and oxygen atoms in total. The van der Waals surface area contributed by atoms with Crippen molar-refractivity contribution in [2.45, 2.75) is 18.3 Å². The lowest BCUT2D eigenvalue weighted by atomic mass is 9.95. The molecule has 1 amide bonds. The molecule has 1 saturated carbocycles. The third-order valence-corrected chi connectivity index (χ3v) is 4.65. The largest absolute Gasteiger partial charge is 0.379 e. The van der Waals surface area contributed by atoms with Crippen molar-refractivity contribution in [1.29, 1.82) is 0 Å². The van der Waals surface area contributed by atoms with Gasteiger partial charge in [-0.25, -0.2) is 0 Å². The Morgan fingerprint density at radius 3 is 2.52 bits per heavy atom. The number of nitrogens with zero attached hydrogens (tertiary/aromatic N) is 1. The minimum absolute atomic E-state index is 0.151. The monoisotopic (exact) mass is 308 g/mol. The number of ether oxygens (including phenoxy) is 1. The Kier molecular flexibility index (Phi) is 4.48. The van der Waals surface area contributed by atoms with Gasteiger partial charge in [0.05, 0.1) is 18.6 Å². The van der Waals surface area contributed by atoms with E-state index in [0.29, 0.717) is 11.6 Å². The molecule has 0 bridgehead atoms. The highest BCUT2D eigenvalue weighted by atomic mass is 35.5. The van der Waals surface area contributed by atoms with Crippen molar-refractivity contribution in [3.8, 4) is 0 Å². The average molecular weight is 309 g/mol. The number of hydrogen-bond donors (Lipinski definition) is 1. The molecular weight excluding hydrogens is 288 g/mol. The van der Waals surface area contributed by atoms with Crippen LogP contribution in [0.4, 0.5) is 0 Å². The predicted octanol–water partition coefficient (Wildman–Crippen LogP) is 1.82. The number of carbonyl (C=O) groups is 1. The van der Waals surface area contributed by atoms with Gasteiger partial charge in [-0.1, -0.05) is 23.7 Å². The molecular formula is C16H21ClN2O2. The molecule has 2 fully saturated rings. The van der Waals surface area contributed by atoms with Gasteiger partial charge in [0.25, 0.3) is 0 Å². The van der Waals surface area contributed by atoms with Crippen LogP contribution in [0, 0.1) is 0 Å². The molecule has 21 heavy (non-hydrogen) atoms. The van der Waals surface area contributed by atoms with Crippen molar-refractivity contribution < 1.29 is 9.53 Å². The molecule has 1 aromatic rings. The molecule has 0 unspecified atom stereocenters. The minimum atomic E-state index is -0.310. The number of nitrogens with one attached hydrogen (secondary N) is 1. The summed E-state index contributed by atoms with van der Waals surface area (Å²) >= 11 is 5.92. The smallest absolute Gasteiger partial charge is 0.230 e. The molecule has 114 valence electrons. The van der Waals surface area contributed by atoms with Gasteiger partial charge in [-0.15, -0.1) is 0 Å². The van der Waals surface area contributed by atoms with E-state index in [1.807, 2.05) is 24.3 Å². The first-order valence-corrected chi connectivity index (χ1v) is 7.93. The zero-order chi connectivity index (χ0) is 14.7. The Balaban J connectivity index is 1.51. The number of benzene rings is 1. The van der Waals surface area contributed by atoms with Crippen molar-refractivity contribution in [1.82, 2.24) is 10.2 Å². The van der Waals surface area contributed by atoms with Crippen LogP contribution in [0.25, 0.3) is 0 Å². The average Bonchev–Trinajstić information content (AvgIpc) is 3.31. The lowest BCUT2D eigenvalue weighted by Crippen LogP contribution is -2.43. The summed E-state index contributed by atoms with van der Waals surface area (Å²) in [7, 11) is 0. The van der Waals surface area contributed by atoms with Gasteiger partial charge in [0.15, 0.2) is 0 Å². The second-order valence-corrected chi connectivity index (χ2v) is 6.24. The van der Waals surface area contributed by atoms with Crippen molar-refractivity contribution in [3.63, 3.8) is 0 Å². The van der Waals surface area contributed by atoms with Crippen LogP contribution in [-0.2, 0) is 14.9 Å². The van der Waals surface area contributed by atoms with Crippen LogP contribution in [0.15, 0.2) is 24.3 Å². The van der Waals surface area contributed by atoms with Gasteiger partial charge in [0.2, 0.25) is 5.91 Å². The molecule has 1 saturated heterocycles. The van der Waals surface area contributed by atoms with E-state index in [1.54, 1.807) is 0 Å². The SMILES string of the molecule is O=C(NCCN1CCOCC1)C1(c2ccc(Cl)cc2)CC1. The maximum atomic E-state index is 12.5. The first-order chi connectivity index (χ1) is 10.2. The molecule has 1 aromatic carbocycles. The third-order valence-electron chi connectivity index (χ3n) is 4.40. The number of morpholine rings is 1. The van der Waals surface area contributed by atoms with Crippen molar-refractivity contribution in [2.24, 2.45) is 0 Å². The van der Waals surface area contributed by atoms with E-state index in [1.165, 1.54) is 0 Å². The topological polar surface area (TPSA) is 41.6 Å². The highest BCUT2D eigenvalue weighted by Crippen LogP contribution is 2.48. The standard InChI is InChI=1S/C16H21ClN2O2/c17-14-3-1-13(2-4-14)16(5-6-16)15(20)18-7-8-19-9-11-21-12-10-19/h1-4H,5-12H2,(H,18,20). The summed E-state index contributed by atoms with van der Waals surface area (Å²) in [6.45, 7) is 5.10. The molecule has 2 aliphatic rings. The Morgan fingerprint density at radius 1 is 1.24 bits per heavy atom. The minimum Gasteiger partial charge on any atom is -0.379 e. The van der Waals surface area contributed by atoms with E-state index in [9.17, 15) is 4.79 Å². The maximum absolute atomic E-state index is 12.5. The van der Waals surface area contributed by atoms with E-state index in [4.69, 9.17) is 16.3 Å². The van der Waals surface area contributed by atoms with Gasteiger partial charge in [-0.05, 0) is 30.5 Å². The predicted molar refractivity (Wildman–Crippen MR) is 82.6 cm³/mol. The second kappa shape index (κ2) is 6.34. The normalized spacial score (nSPS) is 21.0. The summed E-state index contributed by atoms with van der Waals surface area (Å²) in [6.07, 6.45) is 1.86. The molecule has 1 heterocycles. The van der Waals surface area contributed by atoms with Crippen molar-refractivity contribution >= 4 is 17.5 Å². The van der Waals surface area contributed by atoms with Gasteiger partial charge in [0, 0.05) is 31.2 Å². The van der Waals surface area contributed by atoms with E-state index < -0.39 is 0 Å². The number of hydrogen-bond acceptors (Lipinski definition) is 3. The van der Waals surface area contributed by atoms with Gasteiger partial charge in [0.1, 0.15) is 0 Å². The maximum Gasteiger partial charge on any atom is 0.230 e. The van der Waals surface area contributed by atoms with Gasteiger partial charge < -0.3 is 10.1 Å². The van der Waals surface area contributed by atoms with Crippen LogP contribution in [0.5, 0.6) is 0 Å². The lowest BCUT2D eigenvalue weighted by molar-refractivity contribution is -0.123. The summed E-state index contributed by atoms with van der Waals surface area (Å²) in [5.41, 5.74) is 0.769. The van der Waals surface area contributed by atoms with Gasteiger partial charge in [-0.3, -0.25) is 9.69 Å². The molecule has 1 N–H and O–H groups in total. The van der Waals surface area contributed by atoms with Crippen LogP contribution >= 0.6 is 11.6 Å². The highest BCUT2D eigenvalue weighted by Gasteiger charge is 2.50. The second-order valence-electron chi connectivity index (χ2n) is 5.80. The fraction of sp³-hybridized carbons (Fsp3) is 0.562. The first kappa shape index (κ1) is 14.8. The van der Waals surface area contributed by atoms with E-state index >= 15 is 0 Å². The summed E-state index contributed by atoms with van der Waals surface area (Å²) in [4.78, 5) is 14.8. The number of rotatable bonds is 5. The fourth-order valence-corrected chi connectivity index (χ4v) is 2.99. The zero-order valence-electron chi connectivity index (χ0n) is 12.1. The molecule has 1 aliphatic heterocycles. The molecule has 5 heteroatoms. The summed E-state index contributed by atoms with van der Waals surface area (Å²) in [6, 6.07) is 7.66. The van der Waals surface area contributed by atoms with Gasteiger partial charge in [-0.2, -0.15) is 0 Å². The molecule has 0 atom stereocenters. The summed E-state index contributed by atoms with van der Waals surface area (Å²) in [5.74, 6) is 0.151. The Bertz CT molecular complexity index is 494. The van der Waals surface area contributed by atoms with Crippen molar-refractivity contribution in [2.75, 3.05) is 39.4 Å². The van der Waals surface area contributed by atoms with Crippen molar-refractivity contribution in [3.05, 3.63) is 34.9 Å². The van der Waals surface area contributed by atoms with Crippen LogP contribution in [0.3, 0.4) is 0 Å². The number of carbonyl (C=O) groups excluding carboxylic acids is 1. The van der Waals surface area contributed by atoms with Crippen LogP contribution in [0.2, 0.25) is 5.02 Å². The third kappa shape index (κ3) is 3.39. The number of amides is 1. The fourth-order valence-electron chi connectivity index (χ4n) is 2.86. The molecule has 3 rings (SSSR count). The Labute approximate surface area is 130 Å². The van der Waals surface area contributed by atoms with Crippen LogP contribution in [-0.4, -0.2) is 50.2 Å². The Hall–Kier alpha value is -1.10. The molecule has 0 radical (unpaired) electrons. The van der Waals surface area contributed by atoms with E-state index in [0.717, 1.165) is 51.3 Å². The highest BCUT2D eigenvalue weighted by molar-refractivity contribution is 6.30.